The molecule has 0 aromatic heterocycles. The quantitative estimate of drug-likeness (QED) is 0.0798. The number of ether oxygens (including phenoxy) is 4. The van der Waals surface area contributed by atoms with E-state index in [0.29, 0.717) is 17.2 Å². The Morgan fingerprint density at radius 1 is 0.444 bits per heavy atom. The number of carbonyl (C=O) groups is 2. The highest BCUT2D eigenvalue weighted by Gasteiger charge is 2.26. The molecule has 0 N–H and O–H groups in total. The Morgan fingerprint density at radius 2 is 0.796 bits per heavy atom. The van der Waals surface area contributed by atoms with Crippen LogP contribution >= 0.6 is 0 Å². The zero-order chi connectivity index (χ0) is 38.6. The smallest absolute Gasteiger partial charge is 0.496 e. The predicted molar refractivity (Wildman–Crippen MR) is 215 cm³/mol. The topological polar surface area (TPSA) is 71.1 Å². The molecule has 0 saturated carbocycles. The van der Waals surface area contributed by atoms with Crippen molar-refractivity contribution in [3.63, 3.8) is 0 Å². The number of hydrogen-bond acceptors (Lipinski definition) is 6. The van der Waals surface area contributed by atoms with E-state index in [-0.39, 0.29) is 16.8 Å². The zero-order valence-electron chi connectivity index (χ0n) is 32.2. The molecule has 0 bridgehead atoms. The molecule has 0 radical (unpaired) electrons. The van der Waals surface area contributed by atoms with E-state index in [1.54, 1.807) is 31.4 Å². The second kappa shape index (κ2) is 15.5. The molecule has 0 fully saturated rings. The summed E-state index contributed by atoms with van der Waals surface area (Å²) in [4.78, 5) is 24.0. The molecule has 6 nitrogen and oxygen atoms in total. The summed E-state index contributed by atoms with van der Waals surface area (Å²) < 4.78 is 21.8. The lowest BCUT2D eigenvalue weighted by Crippen LogP contribution is -2.20. The average molecular weight is 719 g/mol. The first-order valence-corrected chi connectivity index (χ1v) is 18.0. The summed E-state index contributed by atoms with van der Waals surface area (Å²) in [5, 5.41) is 0. The third kappa shape index (κ3) is 8.24. The van der Waals surface area contributed by atoms with Crippen molar-refractivity contribution in [3.8, 4) is 45.3 Å². The number of benzene rings is 6. The number of hydrogen-bond donors (Lipinski definition) is 0. The van der Waals surface area contributed by atoms with Gasteiger partial charge >= 0.3 is 12.1 Å². The summed E-state index contributed by atoms with van der Waals surface area (Å²) in [6, 6.07) is 44.1. The minimum absolute atomic E-state index is 0.223. The van der Waals surface area contributed by atoms with Gasteiger partial charge in [-0.05, 0) is 106 Å². The highest BCUT2D eigenvalue weighted by atomic mass is 16.7. The van der Waals surface area contributed by atoms with Crippen LogP contribution in [0.3, 0.4) is 0 Å². The van der Waals surface area contributed by atoms with Crippen molar-refractivity contribution in [2.24, 2.45) is 0 Å². The van der Waals surface area contributed by atoms with Crippen molar-refractivity contribution in [2.45, 2.75) is 59.3 Å². The van der Waals surface area contributed by atoms with Crippen molar-refractivity contribution in [1.29, 1.82) is 0 Å². The highest BCUT2D eigenvalue weighted by molar-refractivity contribution is 5.71. The van der Waals surface area contributed by atoms with Gasteiger partial charge in [-0.1, -0.05) is 125 Å². The number of aryl methyl sites for hydroxylation is 2. The van der Waals surface area contributed by atoms with Gasteiger partial charge in [-0.25, -0.2) is 4.79 Å². The molecule has 0 spiro atoms. The van der Waals surface area contributed by atoms with Crippen LogP contribution in [0.1, 0.15) is 68.0 Å². The van der Waals surface area contributed by atoms with E-state index >= 15 is 0 Å². The summed E-state index contributed by atoms with van der Waals surface area (Å²) in [5.41, 5.74) is 10.3. The molecule has 0 aliphatic carbocycles. The Balaban J connectivity index is 1.07. The summed E-state index contributed by atoms with van der Waals surface area (Å²) in [7, 11) is 1.68. The maximum atomic E-state index is 12.8. The van der Waals surface area contributed by atoms with Crippen LogP contribution < -0.4 is 18.9 Å². The molecule has 0 unspecified atom stereocenters. The monoisotopic (exact) mass is 718 g/mol. The molecule has 0 aliphatic heterocycles. The molecule has 6 aromatic rings. The molecule has 0 saturated heterocycles. The molecule has 0 heterocycles. The van der Waals surface area contributed by atoms with Crippen molar-refractivity contribution in [3.05, 3.63) is 167 Å². The van der Waals surface area contributed by atoms with Crippen LogP contribution in [-0.2, 0) is 15.6 Å². The first-order valence-electron chi connectivity index (χ1n) is 18.0. The van der Waals surface area contributed by atoms with Gasteiger partial charge in [0.05, 0.1) is 7.11 Å². The fourth-order valence-corrected chi connectivity index (χ4v) is 6.72. The minimum atomic E-state index is -0.791. The van der Waals surface area contributed by atoms with Crippen LogP contribution in [0.25, 0.3) is 22.3 Å². The first-order chi connectivity index (χ1) is 25.7. The van der Waals surface area contributed by atoms with Crippen LogP contribution in [-0.4, -0.2) is 19.2 Å². The fourth-order valence-electron chi connectivity index (χ4n) is 6.72. The van der Waals surface area contributed by atoms with E-state index < -0.39 is 6.16 Å². The van der Waals surface area contributed by atoms with Gasteiger partial charge in [0.15, 0.2) is 0 Å². The predicted octanol–water partition coefficient (Wildman–Crippen LogP) is 11.8. The van der Waals surface area contributed by atoms with Crippen LogP contribution in [0.5, 0.6) is 23.0 Å². The van der Waals surface area contributed by atoms with Crippen molar-refractivity contribution >= 4 is 12.1 Å². The largest absolute Gasteiger partial charge is 0.519 e. The molecule has 0 amide bonds. The molecular weight excluding hydrogens is 673 g/mol. The van der Waals surface area contributed by atoms with Gasteiger partial charge in [0.1, 0.15) is 23.0 Å². The van der Waals surface area contributed by atoms with E-state index in [2.05, 4.69) is 94.4 Å². The average Bonchev–Trinajstić information content (AvgIpc) is 3.16. The highest BCUT2D eigenvalue weighted by Crippen LogP contribution is 2.37. The Kier molecular flexibility index (Phi) is 10.8. The molecule has 274 valence electrons. The summed E-state index contributed by atoms with van der Waals surface area (Å²) >= 11 is 0. The standard InChI is InChI=1S/C48H46O6/c1-31-29-40(21-27-44(31)51-8)48(6,7)41-22-28-45(32(2)30-41)54-46(50)53-43-25-15-37(16-26-43)35-11-19-39(20-12-35)47(4,5)38-17-9-34(10-18-38)36-13-23-42(24-14-36)52-33(3)49/h9-30H,1-8H3. The Bertz CT molecular complexity index is 2260. The van der Waals surface area contributed by atoms with E-state index in [1.807, 2.05) is 56.3 Å². The van der Waals surface area contributed by atoms with Gasteiger partial charge in [0.25, 0.3) is 0 Å². The van der Waals surface area contributed by atoms with Gasteiger partial charge in [0.2, 0.25) is 0 Å². The van der Waals surface area contributed by atoms with Crippen molar-refractivity contribution < 1.29 is 28.5 Å². The molecule has 6 aromatic carbocycles. The van der Waals surface area contributed by atoms with Crippen molar-refractivity contribution in [1.82, 2.24) is 0 Å². The maximum absolute atomic E-state index is 12.8. The van der Waals surface area contributed by atoms with E-state index in [9.17, 15) is 9.59 Å². The molecular formula is C48H46O6. The molecule has 0 atom stereocenters. The Labute approximate surface area is 318 Å². The van der Waals surface area contributed by atoms with Crippen LogP contribution in [0.4, 0.5) is 4.79 Å². The van der Waals surface area contributed by atoms with Crippen LogP contribution in [0.2, 0.25) is 0 Å². The van der Waals surface area contributed by atoms with Gasteiger partial charge in [-0.3, -0.25) is 4.79 Å². The molecule has 0 aliphatic rings. The minimum Gasteiger partial charge on any atom is -0.496 e. The second-order valence-electron chi connectivity index (χ2n) is 14.7. The number of esters is 1. The molecule has 6 heteroatoms. The summed E-state index contributed by atoms with van der Waals surface area (Å²) in [6.07, 6.45) is -0.791. The van der Waals surface area contributed by atoms with E-state index in [4.69, 9.17) is 18.9 Å². The maximum Gasteiger partial charge on any atom is 0.519 e. The first kappa shape index (κ1) is 37.6. The van der Waals surface area contributed by atoms with Gasteiger partial charge in [-0.2, -0.15) is 0 Å². The normalized spacial score (nSPS) is 11.5. The van der Waals surface area contributed by atoms with Crippen LogP contribution in [0.15, 0.2) is 133 Å². The second-order valence-corrected chi connectivity index (χ2v) is 14.7. The lowest BCUT2D eigenvalue weighted by Gasteiger charge is -2.27. The number of carbonyl (C=O) groups excluding carboxylic acids is 2. The van der Waals surface area contributed by atoms with Gasteiger partial charge in [-0.15, -0.1) is 0 Å². The summed E-state index contributed by atoms with van der Waals surface area (Å²) in [5.74, 6) is 1.91. The molecule has 6 rings (SSSR count). The lowest BCUT2D eigenvalue weighted by molar-refractivity contribution is -0.131. The van der Waals surface area contributed by atoms with Gasteiger partial charge in [0, 0.05) is 17.8 Å². The summed E-state index contributed by atoms with van der Waals surface area (Å²) in [6.45, 7) is 14.2. The number of rotatable bonds is 10. The third-order valence-electron chi connectivity index (χ3n) is 10.3. The van der Waals surface area contributed by atoms with E-state index in [1.165, 1.54) is 23.6 Å². The van der Waals surface area contributed by atoms with Crippen molar-refractivity contribution in [2.75, 3.05) is 7.11 Å². The Hall–Kier alpha value is -6.14. The number of methoxy groups -OCH3 is 1. The zero-order valence-corrected chi connectivity index (χ0v) is 32.2. The SMILES string of the molecule is COc1ccc(C(C)(C)c2ccc(OC(=O)Oc3ccc(-c4ccc(C(C)(C)c5ccc(-c6ccc(OC(C)=O)cc6)cc5)cc4)cc3)c(C)c2)cc1C. The van der Waals surface area contributed by atoms with Crippen LogP contribution in [0, 0.1) is 13.8 Å². The van der Waals surface area contributed by atoms with E-state index in [0.717, 1.165) is 44.7 Å². The van der Waals surface area contributed by atoms with Gasteiger partial charge < -0.3 is 18.9 Å². The molecule has 54 heavy (non-hydrogen) atoms. The fraction of sp³-hybridized carbons (Fsp3) is 0.208. The third-order valence-corrected chi connectivity index (χ3v) is 10.3. The Morgan fingerprint density at radius 3 is 1.19 bits per heavy atom. The lowest BCUT2D eigenvalue weighted by atomic mass is 9.77.